The monoisotopic (exact) mass is 241 g/mol. The Morgan fingerprint density at radius 2 is 1.18 bits per heavy atom. The van der Waals surface area contributed by atoms with E-state index in [9.17, 15) is 0 Å². The summed E-state index contributed by atoms with van der Waals surface area (Å²) in [7, 11) is -5.11. The second kappa shape index (κ2) is 10.6. The third-order valence-corrected chi connectivity index (χ3v) is 0. The summed E-state index contributed by atoms with van der Waals surface area (Å²) in [5.41, 5.74) is 0. The summed E-state index contributed by atoms with van der Waals surface area (Å²) in [6.07, 6.45) is -2.33. The van der Waals surface area contributed by atoms with E-state index in [1.807, 2.05) is 0 Å². The van der Waals surface area contributed by atoms with E-state index >= 15 is 0 Å². The van der Waals surface area contributed by atoms with Gasteiger partial charge < -0.3 is 34.2 Å². The molecule has 10 heteroatoms. The van der Waals surface area contributed by atoms with Gasteiger partial charge in [0.05, 0.1) is 0 Å². The zero-order chi connectivity index (χ0) is 8.08. The summed E-state index contributed by atoms with van der Waals surface area (Å²) in [4.78, 5) is 40.1. The zero-order valence-corrected chi connectivity index (χ0v) is 8.30. The van der Waals surface area contributed by atoms with Crippen LogP contribution in [-0.2, 0) is 17.1 Å². The Labute approximate surface area is 89.4 Å². The number of hydrogen-bond acceptors (Lipinski definition) is 7. The first-order valence-corrected chi connectivity index (χ1v) is 3.18. The van der Waals surface area contributed by atoms with Crippen molar-refractivity contribution in [3.8, 4) is 0 Å². The fourth-order valence-electron chi connectivity index (χ4n) is 0. The van der Waals surface area contributed by atoms with Gasteiger partial charge in [-0.05, 0) is 6.16 Å². The van der Waals surface area contributed by atoms with E-state index in [0.29, 0.717) is 0 Å². The minimum Gasteiger partial charge on any atom is -0.828 e. The molecule has 0 unspecified atom stereocenters. The van der Waals surface area contributed by atoms with Crippen LogP contribution in [0.5, 0.6) is 0 Å². The zero-order valence-electron chi connectivity index (χ0n) is 4.94. The van der Waals surface area contributed by atoms with Gasteiger partial charge >= 0.3 is 40.1 Å². The number of rotatable bonds is 0. The van der Waals surface area contributed by atoms with Gasteiger partial charge in [-0.2, -0.15) is 0 Å². The average molecular weight is 242 g/mol. The molecule has 0 amide bonds. The molecule has 0 heterocycles. The predicted octanol–water partition coefficient (Wildman–Crippen LogP) is -6.70. The van der Waals surface area contributed by atoms with Crippen molar-refractivity contribution in [2.75, 3.05) is 0 Å². The van der Waals surface area contributed by atoms with Crippen molar-refractivity contribution in [1.29, 1.82) is 0 Å². The van der Waals surface area contributed by atoms with E-state index in [4.69, 9.17) is 34.2 Å². The Hall–Kier alpha value is 0.613. The summed E-state index contributed by atoms with van der Waals surface area (Å²) in [5.74, 6) is 0. The third-order valence-electron chi connectivity index (χ3n) is 0. The van der Waals surface area contributed by atoms with Crippen LogP contribution >= 0.6 is 0 Å². The van der Waals surface area contributed by atoms with Gasteiger partial charge in [-0.1, -0.05) is 0 Å². The van der Waals surface area contributed by atoms with E-state index in [1.54, 1.807) is 0 Å². The Morgan fingerprint density at radius 1 is 1.18 bits per heavy atom. The average Bonchev–Trinajstić information content (AvgIpc) is 1.19. The van der Waals surface area contributed by atoms with Crippen LogP contribution in [0.1, 0.15) is 0 Å². The van der Waals surface area contributed by atoms with Gasteiger partial charge in [-0.15, -0.1) is 0 Å². The Kier molecular flexibility index (Phi) is 21.8. The summed E-state index contributed by atoms with van der Waals surface area (Å²) >= 11 is 0. The normalized spacial score (nSPS) is 7.64. The van der Waals surface area contributed by atoms with Gasteiger partial charge in [-0.3, -0.25) is 0 Å². The van der Waals surface area contributed by atoms with Crippen molar-refractivity contribution in [2.45, 2.75) is 0 Å². The molecular formula is CH2CuMgO7Si. The minimum absolute atomic E-state index is 0. The van der Waals surface area contributed by atoms with Gasteiger partial charge in [0.15, 0.2) is 0 Å². The smallest absolute Gasteiger partial charge is 0.828 e. The first kappa shape index (κ1) is 22.6. The Morgan fingerprint density at radius 3 is 1.18 bits per heavy atom. The molecule has 0 bridgehead atoms. The van der Waals surface area contributed by atoms with Gasteiger partial charge in [-0.25, -0.2) is 0 Å². The molecule has 2 N–H and O–H groups in total. The fraction of sp³-hybridized carbons (Fsp3) is 0. The summed E-state index contributed by atoms with van der Waals surface area (Å²) in [6, 6.07) is 0. The van der Waals surface area contributed by atoms with Gasteiger partial charge in [0, 0.05) is 0 Å². The molecule has 0 fully saturated rings. The first-order valence-electron chi connectivity index (χ1n) is 1.47. The molecule has 0 saturated carbocycles. The fourth-order valence-corrected chi connectivity index (χ4v) is 0. The molecule has 7 nitrogen and oxygen atoms in total. The number of carbonyl (C=O) groups is 1. The molecular weight excluding hydrogens is 240 g/mol. The standard InChI is InChI=1S/CH2O3.Cu.Mg.H2O4Si/c2-1(3)4;;;1-5(2,3)4/h(H2,2,3,4);;;1-2H/q;2*+2;-2/p-2. The van der Waals surface area contributed by atoms with E-state index in [0.717, 1.165) is 0 Å². The van der Waals surface area contributed by atoms with E-state index in [-0.39, 0.29) is 40.1 Å². The van der Waals surface area contributed by atoms with Crippen LogP contribution in [0, 0.1) is 0 Å². The Balaban J connectivity index is -0.0000000383. The van der Waals surface area contributed by atoms with Crippen LogP contribution in [0.2, 0.25) is 0 Å². The van der Waals surface area contributed by atoms with Crippen molar-refractivity contribution in [2.24, 2.45) is 0 Å². The van der Waals surface area contributed by atoms with Crippen LogP contribution < -0.4 is 19.8 Å². The molecule has 0 spiro atoms. The molecule has 11 heavy (non-hydrogen) atoms. The van der Waals surface area contributed by atoms with Crippen molar-refractivity contribution in [1.82, 2.24) is 0 Å². The molecule has 0 atom stereocenters. The van der Waals surface area contributed by atoms with Crippen molar-refractivity contribution >= 4 is 38.3 Å². The quantitative estimate of drug-likeness (QED) is 0.400. The van der Waals surface area contributed by atoms with E-state index in [2.05, 4.69) is 0 Å². The minimum atomic E-state index is -5.11. The first-order chi connectivity index (χ1) is 3.73. The van der Waals surface area contributed by atoms with Crippen LogP contribution in [0.3, 0.4) is 0 Å². The molecule has 0 rings (SSSR count). The van der Waals surface area contributed by atoms with Crippen LogP contribution in [0.25, 0.3) is 0 Å². The number of carbonyl (C=O) groups excluding carboxylic acids is 1. The van der Waals surface area contributed by atoms with Crippen molar-refractivity contribution in [3.05, 3.63) is 0 Å². The SMILES string of the molecule is O=C([O-])[O-].[Cu+2].[Mg+2].[O-][Si]([O-])(O)O. The summed E-state index contributed by atoms with van der Waals surface area (Å²) < 4.78 is 0. The molecule has 1 radical (unpaired) electrons. The second-order valence-corrected chi connectivity index (χ2v) is 1.90. The molecule has 0 aromatic rings. The van der Waals surface area contributed by atoms with Crippen LogP contribution in [-0.4, -0.2) is 47.8 Å². The number of hydrogen-bond donors (Lipinski definition) is 2. The molecule has 0 aromatic heterocycles. The molecule has 0 aromatic carbocycles. The topological polar surface area (TPSA) is 150 Å². The third kappa shape index (κ3) is 2100. The van der Waals surface area contributed by atoms with Crippen LogP contribution in [0.4, 0.5) is 4.79 Å². The molecule has 0 aliphatic carbocycles. The number of carboxylic acid groups (broad SMARTS) is 2. The molecule has 0 aliphatic rings. The van der Waals surface area contributed by atoms with Gasteiger partial charge in [0.25, 0.3) is 0 Å². The molecule has 65 valence electrons. The molecule has 0 aliphatic heterocycles. The predicted molar refractivity (Wildman–Crippen MR) is 21.3 cm³/mol. The largest absolute Gasteiger partial charge is 2.00 e. The van der Waals surface area contributed by atoms with Crippen molar-refractivity contribution in [3.63, 3.8) is 0 Å². The van der Waals surface area contributed by atoms with E-state index < -0.39 is 15.2 Å². The van der Waals surface area contributed by atoms with Gasteiger partial charge in [0.2, 0.25) is 0 Å². The second-order valence-electron chi connectivity index (χ2n) is 0.798. The Bertz CT molecular complexity index is 80.9. The maximum Gasteiger partial charge on any atom is 2.00 e. The van der Waals surface area contributed by atoms with E-state index in [1.165, 1.54) is 0 Å². The maximum absolute atomic E-state index is 8.80. The summed E-state index contributed by atoms with van der Waals surface area (Å²) in [5, 5.41) is 16.7. The summed E-state index contributed by atoms with van der Waals surface area (Å²) in [6.45, 7) is 0. The van der Waals surface area contributed by atoms with Gasteiger partial charge in [0.1, 0.15) is 9.05 Å². The molecule has 0 saturated heterocycles. The van der Waals surface area contributed by atoms with Crippen molar-refractivity contribution < 1.29 is 51.3 Å². The van der Waals surface area contributed by atoms with Crippen LogP contribution in [0.15, 0.2) is 0 Å². The maximum atomic E-state index is 8.80.